The van der Waals surface area contributed by atoms with E-state index < -0.39 is 23.9 Å². The Morgan fingerprint density at radius 1 is 1.22 bits per heavy atom. The third kappa shape index (κ3) is 6.97. The molecule has 1 saturated carbocycles. The average molecular weight is 380 g/mol. The van der Waals surface area contributed by atoms with E-state index in [1.807, 2.05) is 13.8 Å². The molecule has 2 rings (SSSR count). The van der Waals surface area contributed by atoms with Gasteiger partial charge in [-0.05, 0) is 24.7 Å². The van der Waals surface area contributed by atoms with E-state index in [-0.39, 0.29) is 12.5 Å². The molecule has 0 radical (unpaired) electrons. The minimum atomic E-state index is -1.04. The summed E-state index contributed by atoms with van der Waals surface area (Å²) in [6, 6.07) is -0.774. The summed E-state index contributed by atoms with van der Waals surface area (Å²) in [7, 11) is 0. The first kappa shape index (κ1) is 21.4. The molecule has 0 aromatic carbocycles. The van der Waals surface area contributed by atoms with Crippen LogP contribution in [0.15, 0.2) is 10.7 Å². The van der Waals surface area contributed by atoms with Crippen LogP contribution in [-0.4, -0.2) is 39.7 Å². The van der Waals surface area contributed by atoms with Gasteiger partial charge in [-0.2, -0.15) is 0 Å². The minimum absolute atomic E-state index is 0.00756. The van der Waals surface area contributed by atoms with E-state index in [9.17, 15) is 19.8 Å². The Morgan fingerprint density at radius 3 is 2.52 bits per heavy atom. The zero-order chi connectivity index (χ0) is 19.8. The van der Waals surface area contributed by atoms with Gasteiger partial charge in [0.25, 0.3) is 0 Å². The van der Waals surface area contributed by atoms with Crippen molar-refractivity contribution in [1.82, 2.24) is 10.3 Å². The second-order valence-corrected chi connectivity index (χ2v) is 8.03. The van der Waals surface area contributed by atoms with Gasteiger partial charge in [-0.1, -0.05) is 46.0 Å². The van der Waals surface area contributed by atoms with Gasteiger partial charge in [-0.3, -0.25) is 9.59 Å². The molecule has 1 heterocycles. The maximum atomic E-state index is 11.6. The molecule has 0 spiro atoms. The number of carbonyl (C=O) groups is 2. The Bertz CT molecular complexity index is 607. The molecule has 0 aliphatic heterocycles. The summed E-state index contributed by atoms with van der Waals surface area (Å²) in [6.07, 6.45) is 9.97. The molecule has 152 valence electrons. The predicted molar refractivity (Wildman–Crippen MR) is 101 cm³/mol. The van der Waals surface area contributed by atoms with Crippen LogP contribution >= 0.6 is 0 Å². The van der Waals surface area contributed by atoms with Crippen LogP contribution < -0.4 is 5.32 Å². The molecule has 1 aromatic rings. The number of nitrogens with one attached hydrogen (secondary N) is 1. The fraction of sp³-hybridized carbons (Fsp3) is 0.750. The fourth-order valence-electron chi connectivity index (χ4n) is 3.72. The van der Waals surface area contributed by atoms with Gasteiger partial charge in [0, 0.05) is 13.0 Å². The third-order valence-corrected chi connectivity index (χ3v) is 5.29. The smallest absolute Gasteiger partial charge is 0.320 e. The molecule has 1 aromatic heterocycles. The standard InChI is InChI=1S/C20H32N2O5/c1-13(2)10-16(20(25)26)21-11-15(19(23)24)17-12-27-18(22-17)9-8-14-6-4-3-5-7-14/h12-16,21H,3-11H2,1-2H3,(H,23,24)(H,25,26). The van der Waals surface area contributed by atoms with Crippen LogP contribution in [0.4, 0.5) is 0 Å². The maximum absolute atomic E-state index is 11.6. The SMILES string of the molecule is CC(C)CC(NCC(C(=O)O)c1coc(CCC2CCCCC2)n1)C(=O)O. The topological polar surface area (TPSA) is 113 Å². The van der Waals surface area contributed by atoms with Crippen LogP contribution in [0.2, 0.25) is 0 Å². The van der Waals surface area contributed by atoms with Gasteiger partial charge in [-0.25, -0.2) is 4.98 Å². The lowest BCUT2D eigenvalue weighted by Crippen LogP contribution is -2.41. The maximum Gasteiger partial charge on any atom is 0.320 e. The molecule has 1 aliphatic carbocycles. The summed E-state index contributed by atoms with van der Waals surface area (Å²) >= 11 is 0. The van der Waals surface area contributed by atoms with Crippen LogP contribution in [0.25, 0.3) is 0 Å². The lowest BCUT2D eigenvalue weighted by molar-refractivity contribution is -0.142. The molecule has 1 fully saturated rings. The van der Waals surface area contributed by atoms with Gasteiger partial charge in [-0.15, -0.1) is 0 Å². The van der Waals surface area contributed by atoms with Crippen molar-refractivity contribution in [3.05, 3.63) is 17.8 Å². The minimum Gasteiger partial charge on any atom is -0.481 e. The molecule has 0 bridgehead atoms. The van der Waals surface area contributed by atoms with Gasteiger partial charge in [0.2, 0.25) is 0 Å². The van der Waals surface area contributed by atoms with E-state index in [0.717, 1.165) is 12.8 Å². The van der Waals surface area contributed by atoms with Crippen molar-refractivity contribution in [3.8, 4) is 0 Å². The first-order chi connectivity index (χ1) is 12.9. The number of hydrogen-bond acceptors (Lipinski definition) is 5. The van der Waals surface area contributed by atoms with Gasteiger partial charge in [0.1, 0.15) is 18.2 Å². The number of hydrogen-bond donors (Lipinski definition) is 3. The number of nitrogens with zero attached hydrogens (tertiary/aromatic N) is 1. The van der Waals surface area contributed by atoms with E-state index in [4.69, 9.17) is 4.42 Å². The summed E-state index contributed by atoms with van der Waals surface area (Å²) in [5, 5.41) is 21.7. The number of aromatic nitrogens is 1. The highest BCUT2D eigenvalue weighted by Gasteiger charge is 2.27. The van der Waals surface area contributed by atoms with E-state index >= 15 is 0 Å². The van der Waals surface area contributed by atoms with Crippen LogP contribution in [0, 0.1) is 11.8 Å². The molecular weight excluding hydrogens is 348 g/mol. The fourth-order valence-corrected chi connectivity index (χ4v) is 3.72. The molecule has 2 unspecified atom stereocenters. The lowest BCUT2D eigenvalue weighted by atomic mass is 9.86. The first-order valence-electron chi connectivity index (χ1n) is 10.00. The zero-order valence-corrected chi connectivity index (χ0v) is 16.3. The van der Waals surface area contributed by atoms with Gasteiger partial charge < -0.3 is 19.9 Å². The zero-order valence-electron chi connectivity index (χ0n) is 16.3. The quantitative estimate of drug-likeness (QED) is 0.539. The first-order valence-corrected chi connectivity index (χ1v) is 10.00. The van der Waals surface area contributed by atoms with E-state index in [1.165, 1.54) is 38.4 Å². The Morgan fingerprint density at radius 2 is 1.93 bits per heavy atom. The average Bonchev–Trinajstić information content (AvgIpc) is 3.08. The normalized spacial score (nSPS) is 17.7. The van der Waals surface area contributed by atoms with Crippen LogP contribution in [0.3, 0.4) is 0 Å². The van der Waals surface area contributed by atoms with Gasteiger partial charge in [0.15, 0.2) is 5.89 Å². The van der Waals surface area contributed by atoms with Crippen molar-refractivity contribution in [1.29, 1.82) is 0 Å². The summed E-state index contributed by atoms with van der Waals surface area (Å²) in [5.74, 6) is -1.46. The third-order valence-electron chi connectivity index (χ3n) is 5.29. The highest BCUT2D eigenvalue weighted by atomic mass is 16.4. The van der Waals surface area contributed by atoms with Crippen molar-refractivity contribution >= 4 is 11.9 Å². The monoisotopic (exact) mass is 380 g/mol. The molecule has 0 amide bonds. The summed E-state index contributed by atoms with van der Waals surface area (Å²) in [4.78, 5) is 27.4. The number of oxazole rings is 1. The number of carboxylic acids is 2. The van der Waals surface area contributed by atoms with E-state index in [1.54, 1.807) is 0 Å². The molecule has 7 nitrogen and oxygen atoms in total. The van der Waals surface area contributed by atoms with Crippen LogP contribution in [-0.2, 0) is 16.0 Å². The second-order valence-electron chi connectivity index (χ2n) is 8.03. The molecular formula is C20H32N2O5. The molecule has 27 heavy (non-hydrogen) atoms. The van der Waals surface area contributed by atoms with Crippen LogP contribution in [0.5, 0.6) is 0 Å². The molecule has 0 saturated heterocycles. The van der Waals surface area contributed by atoms with Crippen molar-refractivity contribution in [3.63, 3.8) is 0 Å². The Labute approximate surface area is 160 Å². The van der Waals surface area contributed by atoms with Gasteiger partial charge >= 0.3 is 11.9 Å². The van der Waals surface area contributed by atoms with Crippen molar-refractivity contribution in [2.75, 3.05) is 6.54 Å². The number of aryl methyl sites for hydroxylation is 1. The number of rotatable bonds is 11. The van der Waals surface area contributed by atoms with Crippen molar-refractivity contribution < 1.29 is 24.2 Å². The molecule has 1 aliphatic rings. The predicted octanol–water partition coefficient (Wildman–Crippen LogP) is 3.44. The molecule has 7 heteroatoms. The number of carboxylic acid groups (broad SMARTS) is 2. The number of aliphatic carboxylic acids is 2. The summed E-state index contributed by atoms with van der Waals surface area (Å²) < 4.78 is 5.49. The van der Waals surface area contributed by atoms with Crippen molar-refractivity contribution in [2.24, 2.45) is 11.8 Å². The van der Waals surface area contributed by atoms with Crippen molar-refractivity contribution in [2.45, 2.75) is 77.2 Å². The summed E-state index contributed by atoms with van der Waals surface area (Å²) in [6.45, 7) is 3.87. The Balaban J connectivity index is 1.92. The summed E-state index contributed by atoms with van der Waals surface area (Å²) in [5.41, 5.74) is 0.349. The lowest BCUT2D eigenvalue weighted by Gasteiger charge is -2.20. The highest BCUT2D eigenvalue weighted by molar-refractivity contribution is 5.76. The van der Waals surface area contributed by atoms with E-state index in [0.29, 0.717) is 23.9 Å². The Kier molecular flexibility index (Phi) is 8.28. The molecule has 3 N–H and O–H groups in total. The highest BCUT2D eigenvalue weighted by Crippen LogP contribution is 2.27. The second kappa shape index (κ2) is 10.4. The Hall–Kier alpha value is -1.89. The molecule has 2 atom stereocenters. The van der Waals surface area contributed by atoms with Crippen LogP contribution in [0.1, 0.15) is 76.3 Å². The largest absolute Gasteiger partial charge is 0.481 e. The van der Waals surface area contributed by atoms with E-state index in [2.05, 4.69) is 10.3 Å². The van der Waals surface area contributed by atoms with Gasteiger partial charge in [0.05, 0.1) is 5.69 Å².